The van der Waals surface area contributed by atoms with Crippen LogP contribution in [0.2, 0.25) is 0 Å². The minimum Gasteiger partial charge on any atom is -0.496 e. The van der Waals surface area contributed by atoms with Crippen molar-refractivity contribution in [2.75, 3.05) is 14.2 Å². The first-order chi connectivity index (χ1) is 9.79. The highest BCUT2D eigenvalue weighted by Gasteiger charge is 2.34. The molecule has 0 spiro atoms. The summed E-state index contributed by atoms with van der Waals surface area (Å²) in [5.41, 5.74) is 2.40. The van der Waals surface area contributed by atoms with E-state index in [9.17, 15) is 0 Å². The second-order valence-corrected chi connectivity index (χ2v) is 5.04. The summed E-state index contributed by atoms with van der Waals surface area (Å²) in [6, 6.07) is 18.8. The Morgan fingerprint density at radius 1 is 1.05 bits per heavy atom. The van der Waals surface area contributed by atoms with E-state index in [4.69, 9.17) is 9.57 Å². The van der Waals surface area contributed by atoms with Gasteiger partial charge >= 0.3 is 0 Å². The van der Waals surface area contributed by atoms with Crippen LogP contribution in [0, 0.1) is 0 Å². The quantitative estimate of drug-likeness (QED) is 0.847. The Morgan fingerprint density at radius 2 is 1.75 bits per heavy atom. The lowest BCUT2D eigenvalue weighted by molar-refractivity contribution is -0.146. The third-order valence-electron chi connectivity index (χ3n) is 3.84. The molecular formula is C17H19NO2. The Balaban J connectivity index is 1.85. The lowest BCUT2D eigenvalue weighted by atomic mass is 9.97. The Morgan fingerprint density at radius 3 is 2.50 bits per heavy atom. The number of para-hydroxylation sites is 1. The van der Waals surface area contributed by atoms with Gasteiger partial charge in [0.1, 0.15) is 11.9 Å². The van der Waals surface area contributed by atoms with Crippen LogP contribution in [0.25, 0.3) is 0 Å². The van der Waals surface area contributed by atoms with Gasteiger partial charge in [-0.15, -0.1) is 0 Å². The zero-order chi connectivity index (χ0) is 13.9. The van der Waals surface area contributed by atoms with E-state index in [2.05, 4.69) is 30.3 Å². The molecule has 0 N–H and O–H groups in total. The summed E-state index contributed by atoms with van der Waals surface area (Å²) in [4.78, 5) is 6.01. The van der Waals surface area contributed by atoms with Gasteiger partial charge in [-0.2, -0.15) is 5.06 Å². The molecule has 3 nitrogen and oxygen atoms in total. The molecule has 3 rings (SSSR count). The maximum atomic E-state index is 6.01. The SMILES string of the molecule is COc1ccccc1[C@@H]1C[C@H](c2ccccc2)N(C)O1. The molecule has 1 saturated heterocycles. The second kappa shape index (κ2) is 5.65. The van der Waals surface area contributed by atoms with Crippen LogP contribution in [0.4, 0.5) is 0 Å². The van der Waals surface area contributed by atoms with E-state index < -0.39 is 0 Å². The van der Waals surface area contributed by atoms with Crippen LogP contribution in [0.3, 0.4) is 0 Å². The van der Waals surface area contributed by atoms with Crippen LogP contribution < -0.4 is 4.74 Å². The summed E-state index contributed by atoms with van der Waals surface area (Å²) in [7, 11) is 3.69. The molecule has 0 aromatic heterocycles. The number of hydrogen-bond donors (Lipinski definition) is 0. The number of methoxy groups -OCH3 is 1. The number of rotatable bonds is 3. The van der Waals surface area contributed by atoms with Crippen molar-refractivity contribution >= 4 is 0 Å². The molecule has 0 radical (unpaired) electrons. The molecule has 1 aliphatic rings. The molecule has 2 aromatic carbocycles. The molecule has 0 bridgehead atoms. The van der Waals surface area contributed by atoms with Gasteiger partial charge in [0.15, 0.2) is 0 Å². The number of benzene rings is 2. The molecule has 3 heteroatoms. The van der Waals surface area contributed by atoms with E-state index in [0.717, 1.165) is 17.7 Å². The van der Waals surface area contributed by atoms with Gasteiger partial charge in [0.05, 0.1) is 13.2 Å². The Kier molecular flexibility index (Phi) is 3.72. The zero-order valence-corrected chi connectivity index (χ0v) is 11.8. The van der Waals surface area contributed by atoms with E-state index in [1.165, 1.54) is 5.56 Å². The molecule has 0 amide bonds. The van der Waals surface area contributed by atoms with Crippen molar-refractivity contribution in [1.29, 1.82) is 0 Å². The monoisotopic (exact) mass is 269 g/mol. The van der Waals surface area contributed by atoms with E-state index in [-0.39, 0.29) is 12.1 Å². The van der Waals surface area contributed by atoms with Crippen LogP contribution >= 0.6 is 0 Å². The predicted molar refractivity (Wildman–Crippen MR) is 78.4 cm³/mol. The fraction of sp³-hybridized carbons (Fsp3) is 0.294. The number of nitrogens with zero attached hydrogens (tertiary/aromatic N) is 1. The maximum absolute atomic E-state index is 6.01. The summed E-state index contributed by atoms with van der Waals surface area (Å²) in [6.45, 7) is 0. The second-order valence-electron chi connectivity index (χ2n) is 5.04. The summed E-state index contributed by atoms with van der Waals surface area (Å²) >= 11 is 0. The van der Waals surface area contributed by atoms with Crippen molar-refractivity contribution in [3.8, 4) is 5.75 Å². The highest BCUT2D eigenvalue weighted by Crippen LogP contribution is 2.42. The van der Waals surface area contributed by atoms with Crippen molar-refractivity contribution in [3.05, 3.63) is 65.7 Å². The van der Waals surface area contributed by atoms with Gasteiger partial charge in [0.25, 0.3) is 0 Å². The highest BCUT2D eigenvalue weighted by molar-refractivity contribution is 5.36. The molecule has 2 aromatic rings. The van der Waals surface area contributed by atoms with E-state index in [0.29, 0.717) is 0 Å². The molecule has 1 heterocycles. The number of hydrogen-bond acceptors (Lipinski definition) is 3. The minimum atomic E-state index is 0.0429. The van der Waals surface area contributed by atoms with Crippen molar-refractivity contribution in [1.82, 2.24) is 5.06 Å². The van der Waals surface area contributed by atoms with Gasteiger partial charge in [0.2, 0.25) is 0 Å². The molecule has 0 saturated carbocycles. The van der Waals surface area contributed by atoms with Gasteiger partial charge < -0.3 is 4.74 Å². The maximum Gasteiger partial charge on any atom is 0.124 e. The summed E-state index contributed by atoms with van der Waals surface area (Å²) in [5.74, 6) is 0.889. The molecule has 104 valence electrons. The Labute approximate surface area is 119 Å². The lowest BCUT2D eigenvalue weighted by Gasteiger charge is -2.17. The van der Waals surface area contributed by atoms with Crippen LogP contribution in [0.1, 0.15) is 29.7 Å². The van der Waals surface area contributed by atoms with E-state index in [1.54, 1.807) is 7.11 Å². The van der Waals surface area contributed by atoms with Gasteiger partial charge in [-0.25, -0.2) is 0 Å². The topological polar surface area (TPSA) is 21.7 Å². The minimum absolute atomic E-state index is 0.0429. The molecule has 1 fully saturated rings. The summed E-state index contributed by atoms with van der Waals surface area (Å²) < 4.78 is 5.44. The zero-order valence-electron chi connectivity index (χ0n) is 11.8. The third-order valence-corrected chi connectivity index (χ3v) is 3.84. The van der Waals surface area contributed by atoms with Gasteiger partial charge in [-0.05, 0) is 11.6 Å². The predicted octanol–water partition coefficient (Wildman–Crippen LogP) is 3.74. The van der Waals surface area contributed by atoms with Crippen molar-refractivity contribution < 1.29 is 9.57 Å². The Hall–Kier alpha value is -1.84. The average Bonchev–Trinajstić information content (AvgIpc) is 2.90. The van der Waals surface area contributed by atoms with Crippen LogP contribution in [0.15, 0.2) is 54.6 Å². The summed E-state index contributed by atoms with van der Waals surface area (Å²) in [5, 5.41) is 1.95. The molecule has 1 aliphatic heterocycles. The fourth-order valence-electron chi connectivity index (χ4n) is 2.81. The Bertz CT molecular complexity index is 570. The van der Waals surface area contributed by atoms with Gasteiger partial charge in [-0.1, -0.05) is 48.5 Å². The number of ether oxygens (including phenoxy) is 1. The van der Waals surface area contributed by atoms with Crippen LogP contribution in [0.5, 0.6) is 5.75 Å². The van der Waals surface area contributed by atoms with Crippen LogP contribution in [-0.4, -0.2) is 19.2 Å². The first kappa shape index (κ1) is 13.2. The molecule has 0 unspecified atom stereocenters. The largest absolute Gasteiger partial charge is 0.496 e. The molecule has 0 aliphatic carbocycles. The summed E-state index contributed by atoms with van der Waals surface area (Å²) in [6.07, 6.45) is 0.974. The normalized spacial score (nSPS) is 22.9. The smallest absolute Gasteiger partial charge is 0.124 e. The van der Waals surface area contributed by atoms with Gasteiger partial charge in [0, 0.05) is 19.0 Å². The fourth-order valence-corrected chi connectivity index (χ4v) is 2.81. The van der Waals surface area contributed by atoms with E-state index >= 15 is 0 Å². The van der Waals surface area contributed by atoms with Crippen molar-refractivity contribution in [2.45, 2.75) is 18.6 Å². The van der Waals surface area contributed by atoms with Crippen molar-refractivity contribution in [2.24, 2.45) is 0 Å². The van der Waals surface area contributed by atoms with Crippen LogP contribution in [-0.2, 0) is 4.84 Å². The standard InChI is InChI=1S/C17H19NO2/c1-18-15(13-8-4-3-5-9-13)12-17(20-18)14-10-6-7-11-16(14)19-2/h3-11,15,17H,12H2,1-2H3/t15-,17+/m1/s1. The molecule has 20 heavy (non-hydrogen) atoms. The third kappa shape index (κ3) is 2.42. The lowest BCUT2D eigenvalue weighted by Crippen LogP contribution is -2.16. The highest BCUT2D eigenvalue weighted by atomic mass is 16.7. The first-order valence-corrected chi connectivity index (χ1v) is 6.87. The first-order valence-electron chi connectivity index (χ1n) is 6.87. The molecular weight excluding hydrogens is 250 g/mol. The molecule has 2 atom stereocenters. The van der Waals surface area contributed by atoms with E-state index in [1.807, 2.05) is 36.4 Å². The average molecular weight is 269 g/mol. The van der Waals surface area contributed by atoms with Crippen molar-refractivity contribution in [3.63, 3.8) is 0 Å². The van der Waals surface area contributed by atoms with Gasteiger partial charge in [-0.3, -0.25) is 4.84 Å². The number of hydroxylamine groups is 2.